The van der Waals surface area contributed by atoms with Gasteiger partial charge >= 0.3 is 11.8 Å². The van der Waals surface area contributed by atoms with Crippen LogP contribution in [0.15, 0.2) is 12.3 Å². The minimum Gasteiger partial charge on any atom is -0.444 e. The molecule has 26 heavy (non-hydrogen) atoms. The molecule has 1 fully saturated rings. The van der Waals surface area contributed by atoms with E-state index >= 15 is 0 Å². The maximum Gasteiger partial charge on any atom is 0.410 e. The van der Waals surface area contributed by atoms with Crippen molar-refractivity contribution < 1.29 is 14.5 Å². The molecule has 0 bridgehead atoms. The average molecular weight is 382 g/mol. The number of likely N-dealkylation sites (tertiary alicyclic amines) is 1. The van der Waals surface area contributed by atoms with Crippen molar-refractivity contribution in [3.8, 4) is 0 Å². The van der Waals surface area contributed by atoms with Crippen molar-refractivity contribution in [3.63, 3.8) is 0 Å². The minimum absolute atomic E-state index is 0.00477. The van der Waals surface area contributed by atoms with Gasteiger partial charge in [0.2, 0.25) is 0 Å². The molecule has 0 radical (unpaired) electrons. The molecule has 0 unspecified atom stereocenters. The molecule has 3 heterocycles. The number of piperidine rings is 1. The van der Waals surface area contributed by atoms with Crippen molar-refractivity contribution in [2.45, 2.75) is 45.3 Å². The molecule has 1 saturated heterocycles. The second kappa shape index (κ2) is 6.71. The molecule has 1 aliphatic rings. The van der Waals surface area contributed by atoms with E-state index in [9.17, 15) is 14.9 Å². The van der Waals surface area contributed by atoms with Gasteiger partial charge in [-0.1, -0.05) is 11.6 Å². The average Bonchev–Trinajstić information content (AvgIpc) is 2.92. The van der Waals surface area contributed by atoms with E-state index in [1.165, 1.54) is 6.20 Å². The van der Waals surface area contributed by atoms with Gasteiger partial charge in [-0.25, -0.2) is 4.79 Å². The van der Waals surface area contributed by atoms with Gasteiger partial charge in [-0.15, -0.1) is 10.2 Å². The first kappa shape index (κ1) is 18.4. The Kier molecular flexibility index (Phi) is 4.74. The van der Waals surface area contributed by atoms with Gasteiger partial charge < -0.3 is 14.2 Å². The normalized spacial score (nSPS) is 16.1. The van der Waals surface area contributed by atoms with Crippen LogP contribution in [0.25, 0.3) is 11.0 Å². The number of amides is 1. The van der Waals surface area contributed by atoms with Gasteiger partial charge in [0.05, 0.1) is 16.6 Å². The number of fused-ring (bicyclic) bond motifs is 1. The molecule has 0 aromatic carbocycles. The second-order valence-corrected chi connectivity index (χ2v) is 7.67. The van der Waals surface area contributed by atoms with Crippen molar-refractivity contribution >= 4 is 34.4 Å². The summed E-state index contributed by atoms with van der Waals surface area (Å²) in [6.07, 6.45) is 2.44. The highest BCUT2D eigenvalue weighted by Crippen LogP contribution is 2.33. The number of nitrogens with zero attached hydrogens (tertiary/aromatic N) is 5. The van der Waals surface area contributed by atoms with Crippen molar-refractivity contribution in [3.05, 3.63) is 27.5 Å². The molecule has 0 spiro atoms. The summed E-state index contributed by atoms with van der Waals surface area (Å²) >= 11 is 5.92. The summed E-state index contributed by atoms with van der Waals surface area (Å²) in [5.41, 5.74) is 0.153. The molecule has 0 N–H and O–H groups in total. The molecule has 1 aliphatic heterocycles. The Balaban J connectivity index is 1.81. The Bertz CT molecular complexity index is 852. The predicted octanol–water partition coefficient (Wildman–Crippen LogP) is 3.56. The summed E-state index contributed by atoms with van der Waals surface area (Å²) in [6.45, 7) is 6.51. The molecule has 1 amide bonds. The van der Waals surface area contributed by atoms with E-state index in [-0.39, 0.29) is 28.5 Å². The molecule has 9 nitrogen and oxygen atoms in total. The fourth-order valence-electron chi connectivity index (χ4n) is 3.09. The molecule has 0 aliphatic carbocycles. The van der Waals surface area contributed by atoms with Gasteiger partial charge in [0.25, 0.3) is 0 Å². The lowest BCUT2D eigenvalue weighted by Gasteiger charge is -2.34. The number of aromatic nitrogens is 3. The molecule has 10 heteroatoms. The van der Waals surface area contributed by atoms with Crippen LogP contribution in [0, 0.1) is 10.1 Å². The number of rotatable bonds is 2. The van der Waals surface area contributed by atoms with Gasteiger partial charge in [-0.3, -0.25) is 10.1 Å². The number of hydrogen-bond donors (Lipinski definition) is 0. The van der Waals surface area contributed by atoms with Crippen LogP contribution in [0.3, 0.4) is 0 Å². The number of carbonyl (C=O) groups is 1. The molecular formula is C16H20ClN5O4. The van der Waals surface area contributed by atoms with Gasteiger partial charge in [0.1, 0.15) is 5.60 Å². The third kappa shape index (κ3) is 3.72. The summed E-state index contributed by atoms with van der Waals surface area (Å²) in [5, 5.41) is 19.0. The summed E-state index contributed by atoms with van der Waals surface area (Å²) in [6, 6.07) is 1.59. The van der Waals surface area contributed by atoms with Crippen LogP contribution in [-0.2, 0) is 4.74 Å². The van der Waals surface area contributed by atoms with Gasteiger partial charge in [-0.2, -0.15) is 0 Å². The summed E-state index contributed by atoms with van der Waals surface area (Å²) < 4.78 is 7.21. The molecule has 2 aromatic heterocycles. The van der Waals surface area contributed by atoms with E-state index in [0.717, 1.165) is 0 Å². The standard InChI is InChI=1S/C16H20ClN5O4/c1-16(2,3)26-15(23)20-6-4-10(5-7-20)21-9-12(22(24)25)14-11(21)8-13(17)18-19-14/h8-10H,4-7H2,1-3H3. The van der Waals surface area contributed by atoms with Gasteiger partial charge in [-0.05, 0) is 33.6 Å². The minimum atomic E-state index is -0.541. The highest BCUT2D eigenvalue weighted by Gasteiger charge is 2.30. The first-order valence-electron chi connectivity index (χ1n) is 8.32. The monoisotopic (exact) mass is 381 g/mol. The van der Waals surface area contributed by atoms with Crippen molar-refractivity contribution in [1.29, 1.82) is 0 Å². The quantitative estimate of drug-likeness (QED) is 0.581. The smallest absolute Gasteiger partial charge is 0.410 e. The highest BCUT2D eigenvalue weighted by molar-refractivity contribution is 6.29. The van der Waals surface area contributed by atoms with E-state index in [4.69, 9.17) is 16.3 Å². The van der Waals surface area contributed by atoms with Crippen molar-refractivity contribution in [2.24, 2.45) is 0 Å². The number of nitro groups is 1. The Morgan fingerprint density at radius 3 is 2.58 bits per heavy atom. The van der Waals surface area contributed by atoms with Crippen molar-refractivity contribution in [2.75, 3.05) is 13.1 Å². The van der Waals surface area contributed by atoms with E-state index in [0.29, 0.717) is 31.4 Å². The maximum atomic E-state index is 12.2. The third-order valence-corrected chi connectivity index (χ3v) is 4.42. The van der Waals surface area contributed by atoms with Crippen LogP contribution in [0.4, 0.5) is 10.5 Å². The molecule has 3 rings (SSSR count). The van der Waals surface area contributed by atoms with Crippen LogP contribution in [-0.4, -0.2) is 49.4 Å². The zero-order chi connectivity index (χ0) is 19.1. The van der Waals surface area contributed by atoms with E-state index in [1.807, 2.05) is 25.3 Å². The lowest BCUT2D eigenvalue weighted by molar-refractivity contribution is -0.383. The summed E-state index contributed by atoms with van der Waals surface area (Å²) in [4.78, 5) is 24.7. The summed E-state index contributed by atoms with van der Waals surface area (Å²) in [7, 11) is 0. The van der Waals surface area contributed by atoms with Crippen molar-refractivity contribution in [1.82, 2.24) is 19.7 Å². The number of carbonyl (C=O) groups excluding carboxylic acids is 1. The van der Waals surface area contributed by atoms with E-state index in [1.54, 1.807) is 11.0 Å². The largest absolute Gasteiger partial charge is 0.444 e. The SMILES string of the molecule is CC(C)(C)OC(=O)N1CCC(n2cc([N+](=O)[O-])c3nnc(Cl)cc32)CC1. The second-order valence-electron chi connectivity index (χ2n) is 7.28. The third-order valence-electron chi connectivity index (χ3n) is 4.23. The Morgan fingerprint density at radius 2 is 2.00 bits per heavy atom. The summed E-state index contributed by atoms with van der Waals surface area (Å²) in [5.74, 6) is 0. The van der Waals surface area contributed by atoms with E-state index < -0.39 is 10.5 Å². The zero-order valence-corrected chi connectivity index (χ0v) is 15.6. The van der Waals surface area contributed by atoms with Crippen LogP contribution >= 0.6 is 11.6 Å². The fraction of sp³-hybridized carbons (Fsp3) is 0.562. The topological polar surface area (TPSA) is 103 Å². The van der Waals surface area contributed by atoms with Crippen LogP contribution in [0.5, 0.6) is 0 Å². The predicted molar refractivity (Wildman–Crippen MR) is 95.3 cm³/mol. The number of ether oxygens (including phenoxy) is 1. The van der Waals surface area contributed by atoms with Gasteiger partial charge in [0.15, 0.2) is 10.7 Å². The number of hydrogen-bond acceptors (Lipinski definition) is 6. The van der Waals surface area contributed by atoms with E-state index in [2.05, 4.69) is 10.2 Å². The lowest BCUT2D eigenvalue weighted by atomic mass is 10.1. The maximum absolute atomic E-state index is 12.2. The molecule has 0 atom stereocenters. The lowest BCUT2D eigenvalue weighted by Crippen LogP contribution is -2.42. The zero-order valence-electron chi connectivity index (χ0n) is 14.8. The molecule has 2 aromatic rings. The first-order chi connectivity index (χ1) is 12.2. The molecular weight excluding hydrogens is 362 g/mol. The van der Waals surface area contributed by atoms with Crippen LogP contribution in [0.2, 0.25) is 5.15 Å². The van der Waals surface area contributed by atoms with Crippen LogP contribution < -0.4 is 0 Å². The molecule has 140 valence electrons. The van der Waals surface area contributed by atoms with Gasteiger partial charge in [0, 0.05) is 25.2 Å². The Labute approximate surface area is 155 Å². The van der Waals surface area contributed by atoms with Crippen LogP contribution in [0.1, 0.15) is 39.7 Å². The first-order valence-corrected chi connectivity index (χ1v) is 8.69. The highest BCUT2D eigenvalue weighted by atomic mass is 35.5. The number of halogens is 1. The molecule has 0 saturated carbocycles. The fourth-order valence-corrected chi connectivity index (χ4v) is 3.23. The Morgan fingerprint density at radius 1 is 1.35 bits per heavy atom. The Hall–Kier alpha value is -2.42.